The minimum absolute atomic E-state index is 0.212. The first kappa shape index (κ1) is 17.2. The highest BCUT2D eigenvalue weighted by Crippen LogP contribution is 2.37. The molecule has 25 heavy (non-hydrogen) atoms. The molecule has 1 aliphatic rings. The van der Waals surface area contributed by atoms with Gasteiger partial charge in [-0.1, -0.05) is 24.3 Å². The molecule has 7 heteroatoms. The zero-order valence-electron chi connectivity index (χ0n) is 14.1. The molecule has 6 nitrogen and oxygen atoms in total. The number of nitrogens with zero attached hydrogens (tertiary/aromatic N) is 2. The predicted octanol–water partition coefficient (Wildman–Crippen LogP) is 3.63. The summed E-state index contributed by atoms with van der Waals surface area (Å²) in [4.78, 5) is 12.4. The van der Waals surface area contributed by atoms with Crippen molar-refractivity contribution in [3.8, 4) is 5.75 Å². The fourth-order valence-corrected chi connectivity index (χ4v) is 3.10. The van der Waals surface area contributed by atoms with Gasteiger partial charge in [-0.25, -0.2) is 0 Å². The third-order valence-corrected chi connectivity index (χ3v) is 4.38. The van der Waals surface area contributed by atoms with Crippen LogP contribution >= 0.6 is 0 Å². The van der Waals surface area contributed by atoms with Gasteiger partial charge in [0.25, 0.3) is 0 Å². The number of hydrogen-bond acceptors (Lipinski definition) is 5. The molecule has 132 valence electrons. The van der Waals surface area contributed by atoms with Crippen molar-refractivity contribution in [3.05, 3.63) is 63.5 Å². The van der Waals surface area contributed by atoms with Crippen LogP contribution in [-0.2, 0) is 4.74 Å². The highest BCUT2D eigenvalue weighted by atomic mass is 19.1. The molecular formula is C18H19FN2O4. The van der Waals surface area contributed by atoms with Gasteiger partial charge in [0.15, 0.2) is 0 Å². The molecule has 1 saturated heterocycles. The van der Waals surface area contributed by atoms with Gasteiger partial charge in [-0.05, 0) is 18.1 Å². The first-order valence-electron chi connectivity index (χ1n) is 7.95. The Balaban J connectivity index is 1.97. The van der Waals surface area contributed by atoms with Gasteiger partial charge in [-0.3, -0.25) is 10.1 Å². The SMILES string of the molecule is COc1cc(F)c([N+](=O)[O-])c(N2CCOC(c3ccccc3C)C2)c1. The second-order valence-corrected chi connectivity index (χ2v) is 5.90. The Labute approximate surface area is 144 Å². The number of morpholine rings is 1. The molecule has 0 N–H and O–H groups in total. The molecule has 1 aliphatic heterocycles. The van der Waals surface area contributed by atoms with E-state index in [1.165, 1.54) is 13.2 Å². The van der Waals surface area contributed by atoms with E-state index in [0.717, 1.165) is 17.2 Å². The molecule has 0 aromatic heterocycles. The average molecular weight is 346 g/mol. The van der Waals surface area contributed by atoms with Crippen molar-refractivity contribution in [2.75, 3.05) is 31.7 Å². The van der Waals surface area contributed by atoms with Gasteiger partial charge in [0.1, 0.15) is 17.5 Å². The van der Waals surface area contributed by atoms with Gasteiger partial charge < -0.3 is 14.4 Å². The monoisotopic (exact) mass is 346 g/mol. The lowest BCUT2D eigenvalue weighted by atomic mass is 10.0. The second-order valence-electron chi connectivity index (χ2n) is 5.90. The van der Waals surface area contributed by atoms with Crippen molar-refractivity contribution in [1.82, 2.24) is 0 Å². The first-order chi connectivity index (χ1) is 12.0. The zero-order valence-corrected chi connectivity index (χ0v) is 14.1. The molecule has 1 unspecified atom stereocenters. The molecule has 0 aliphatic carbocycles. The van der Waals surface area contributed by atoms with Crippen LogP contribution in [0.25, 0.3) is 0 Å². The van der Waals surface area contributed by atoms with E-state index in [4.69, 9.17) is 9.47 Å². The summed E-state index contributed by atoms with van der Waals surface area (Å²) in [6, 6.07) is 10.4. The molecule has 0 radical (unpaired) electrons. The van der Waals surface area contributed by atoms with Crippen molar-refractivity contribution >= 4 is 11.4 Å². The smallest absolute Gasteiger partial charge is 0.328 e. The number of rotatable bonds is 4. The van der Waals surface area contributed by atoms with Crippen molar-refractivity contribution < 1.29 is 18.8 Å². The molecule has 0 bridgehead atoms. The summed E-state index contributed by atoms with van der Waals surface area (Å²) in [6.45, 7) is 3.23. The summed E-state index contributed by atoms with van der Waals surface area (Å²) >= 11 is 0. The summed E-state index contributed by atoms with van der Waals surface area (Å²) in [7, 11) is 1.40. The number of aryl methyl sites for hydroxylation is 1. The molecule has 0 amide bonds. The largest absolute Gasteiger partial charge is 0.497 e. The van der Waals surface area contributed by atoms with Crippen LogP contribution in [0, 0.1) is 22.9 Å². The Hall–Kier alpha value is -2.67. The van der Waals surface area contributed by atoms with Crippen LogP contribution in [0.1, 0.15) is 17.2 Å². The Morgan fingerprint density at radius 2 is 2.12 bits per heavy atom. The fourth-order valence-electron chi connectivity index (χ4n) is 3.10. The van der Waals surface area contributed by atoms with Crippen LogP contribution in [0.3, 0.4) is 0 Å². The minimum Gasteiger partial charge on any atom is -0.497 e. The van der Waals surface area contributed by atoms with Crippen LogP contribution in [-0.4, -0.2) is 31.7 Å². The van der Waals surface area contributed by atoms with E-state index in [9.17, 15) is 14.5 Å². The number of nitro groups is 1. The lowest BCUT2D eigenvalue weighted by Gasteiger charge is -2.35. The number of halogens is 1. The second kappa shape index (κ2) is 7.06. The molecule has 0 spiro atoms. The number of hydrogen-bond donors (Lipinski definition) is 0. The molecule has 2 aromatic carbocycles. The zero-order chi connectivity index (χ0) is 18.0. The topological polar surface area (TPSA) is 64.8 Å². The van der Waals surface area contributed by atoms with E-state index in [1.807, 2.05) is 31.2 Å². The predicted molar refractivity (Wildman–Crippen MR) is 91.7 cm³/mol. The maximum Gasteiger partial charge on any atom is 0.328 e. The summed E-state index contributed by atoms with van der Waals surface area (Å²) in [5.41, 5.74) is 1.79. The molecule has 3 rings (SSSR count). The van der Waals surface area contributed by atoms with E-state index in [-0.39, 0.29) is 17.5 Å². The lowest BCUT2D eigenvalue weighted by molar-refractivity contribution is -0.386. The third kappa shape index (κ3) is 3.41. The van der Waals surface area contributed by atoms with Gasteiger partial charge in [0.2, 0.25) is 5.82 Å². The molecule has 2 aromatic rings. The van der Waals surface area contributed by atoms with Crippen molar-refractivity contribution in [3.63, 3.8) is 0 Å². The van der Waals surface area contributed by atoms with E-state index in [0.29, 0.717) is 19.7 Å². The standard InChI is InChI=1S/C18H19FN2O4/c1-12-5-3-4-6-14(12)17-11-20(7-8-25-17)16-10-13(24-2)9-15(19)18(16)21(22)23/h3-6,9-10,17H,7-8,11H2,1-2H3. The Morgan fingerprint density at radius 1 is 1.36 bits per heavy atom. The Kier molecular flexibility index (Phi) is 4.85. The molecule has 1 heterocycles. The minimum atomic E-state index is -0.904. The number of ether oxygens (including phenoxy) is 2. The first-order valence-corrected chi connectivity index (χ1v) is 7.95. The van der Waals surface area contributed by atoms with E-state index < -0.39 is 16.4 Å². The summed E-state index contributed by atoms with van der Waals surface area (Å²) in [5, 5.41) is 11.4. The third-order valence-electron chi connectivity index (χ3n) is 4.38. The Morgan fingerprint density at radius 3 is 2.80 bits per heavy atom. The molecule has 1 atom stereocenters. The number of nitro benzene ring substituents is 1. The van der Waals surface area contributed by atoms with Crippen molar-refractivity contribution in [2.24, 2.45) is 0 Å². The molecule has 1 fully saturated rings. The van der Waals surface area contributed by atoms with Crippen LogP contribution in [0.4, 0.5) is 15.8 Å². The quantitative estimate of drug-likeness (QED) is 0.625. The Bertz CT molecular complexity index is 797. The molecule has 0 saturated carbocycles. The number of methoxy groups -OCH3 is 1. The van der Waals surface area contributed by atoms with Crippen LogP contribution in [0.2, 0.25) is 0 Å². The summed E-state index contributed by atoms with van der Waals surface area (Å²) < 4.78 is 25.1. The van der Waals surface area contributed by atoms with Gasteiger partial charge in [0, 0.05) is 25.2 Å². The number of benzene rings is 2. The van der Waals surface area contributed by atoms with Crippen molar-refractivity contribution in [1.29, 1.82) is 0 Å². The van der Waals surface area contributed by atoms with Crippen LogP contribution in [0.5, 0.6) is 5.75 Å². The fraction of sp³-hybridized carbons (Fsp3) is 0.333. The van der Waals surface area contributed by atoms with E-state index in [1.54, 1.807) is 4.90 Å². The lowest BCUT2D eigenvalue weighted by Crippen LogP contribution is -2.39. The van der Waals surface area contributed by atoms with Gasteiger partial charge in [0.05, 0.1) is 18.6 Å². The molecular weight excluding hydrogens is 327 g/mol. The van der Waals surface area contributed by atoms with Gasteiger partial charge in [-0.2, -0.15) is 4.39 Å². The van der Waals surface area contributed by atoms with Crippen molar-refractivity contribution in [2.45, 2.75) is 13.0 Å². The number of anilines is 1. The average Bonchev–Trinajstić information content (AvgIpc) is 2.61. The van der Waals surface area contributed by atoms with E-state index >= 15 is 0 Å². The van der Waals surface area contributed by atoms with Crippen LogP contribution in [0.15, 0.2) is 36.4 Å². The summed E-state index contributed by atoms with van der Waals surface area (Å²) in [5.74, 6) is -0.657. The van der Waals surface area contributed by atoms with Crippen LogP contribution < -0.4 is 9.64 Å². The maximum absolute atomic E-state index is 14.2. The summed E-state index contributed by atoms with van der Waals surface area (Å²) in [6.07, 6.45) is -0.233. The highest BCUT2D eigenvalue weighted by Gasteiger charge is 2.30. The normalized spacial score (nSPS) is 17.4. The van der Waals surface area contributed by atoms with Gasteiger partial charge >= 0.3 is 5.69 Å². The highest BCUT2D eigenvalue weighted by molar-refractivity contribution is 5.67. The van der Waals surface area contributed by atoms with E-state index in [2.05, 4.69) is 0 Å². The maximum atomic E-state index is 14.2. The van der Waals surface area contributed by atoms with Gasteiger partial charge in [-0.15, -0.1) is 0 Å².